The molecule has 0 unspecified atom stereocenters. The summed E-state index contributed by atoms with van der Waals surface area (Å²) in [7, 11) is 0. The van der Waals surface area contributed by atoms with Gasteiger partial charge < -0.3 is 10.2 Å². The largest absolute Gasteiger partial charge is 0.382 e. The highest BCUT2D eigenvalue weighted by Gasteiger charge is 2.16. The third-order valence-corrected chi connectivity index (χ3v) is 3.99. The summed E-state index contributed by atoms with van der Waals surface area (Å²) in [4.78, 5) is 15.8. The smallest absolute Gasteiger partial charge is 0.266 e. The van der Waals surface area contributed by atoms with E-state index in [1.807, 2.05) is 12.1 Å². The topological polar surface area (TPSA) is 64.3 Å². The zero-order valence-corrected chi connectivity index (χ0v) is 12.8. The first kappa shape index (κ1) is 15.5. The number of aromatic nitrogens is 2. The predicted octanol–water partition coefficient (Wildman–Crippen LogP) is 1.14. The standard InChI is InChI=1S/C16H20FN5O/c17-13-1-3-15(4-2-13)22-9-7-21(8-10-22)6-5-18-14-11-16(23)20-19-12-14/h1-4,11-12H,5-10H2,(H2,18,20,23). The minimum absolute atomic E-state index is 0.201. The van der Waals surface area contributed by atoms with E-state index in [2.05, 4.69) is 25.3 Å². The summed E-state index contributed by atoms with van der Waals surface area (Å²) < 4.78 is 13.0. The summed E-state index contributed by atoms with van der Waals surface area (Å²) in [6.45, 7) is 5.46. The third kappa shape index (κ3) is 4.29. The summed E-state index contributed by atoms with van der Waals surface area (Å²) >= 11 is 0. The monoisotopic (exact) mass is 317 g/mol. The SMILES string of the molecule is O=c1cc(NCCN2CCN(c3ccc(F)cc3)CC2)cn[nH]1. The highest BCUT2D eigenvalue weighted by molar-refractivity contribution is 5.46. The molecule has 23 heavy (non-hydrogen) atoms. The van der Waals surface area contributed by atoms with Gasteiger partial charge in [0.1, 0.15) is 5.82 Å². The molecule has 122 valence electrons. The van der Waals surface area contributed by atoms with E-state index in [1.54, 1.807) is 6.20 Å². The Bertz CT molecular complexity index is 679. The molecule has 3 rings (SSSR count). The Hall–Kier alpha value is -2.41. The van der Waals surface area contributed by atoms with Crippen molar-refractivity contribution in [2.75, 3.05) is 49.5 Å². The van der Waals surface area contributed by atoms with Crippen LogP contribution in [0.2, 0.25) is 0 Å². The number of piperazine rings is 1. The van der Waals surface area contributed by atoms with Crippen LogP contribution >= 0.6 is 0 Å². The van der Waals surface area contributed by atoms with Gasteiger partial charge in [-0.2, -0.15) is 5.10 Å². The molecule has 0 amide bonds. The highest BCUT2D eigenvalue weighted by atomic mass is 19.1. The lowest BCUT2D eigenvalue weighted by Crippen LogP contribution is -2.47. The lowest BCUT2D eigenvalue weighted by atomic mass is 10.2. The van der Waals surface area contributed by atoms with Crippen LogP contribution in [-0.4, -0.2) is 54.4 Å². The Balaban J connectivity index is 1.42. The van der Waals surface area contributed by atoms with Crippen LogP contribution in [0.1, 0.15) is 0 Å². The molecule has 0 saturated carbocycles. The molecule has 1 aromatic heterocycles. The molecular weight excluding hydrogens is 297 g/mol. The summed E-state index contributed by atoms with van der Waals surface area (Å²) in [6, 6.07) is 8.15. The Morgan fingerprint density at radius 1 is 1.17 bits per heavy atom. The van der Waals surface area contributed by atoms with Gasteiger partial charge in [0.25, 0.3) is 5.56 Å². The molecule has 0 radical (unpaired) electrons. The number of hydrogen-bond donors (Lipinski definition) is 2. The van der Waals surface area contributed by atoms with E-state index in [4.69, 9.17) is 0 Å². The molecular formula is C16H20FN5O. The molecule has 0 spiro atoms. The maximum absolute atomic E-state index is 13.0. The van der Waals surface area contributed by atoms with Crippen molar-refractivity contribution in [3.05, 3.63) is 52.7 Å². The molecule has 7 heteroatoms. The van der Waals surface area contributed by atoms with Crippen molar-refractivity contribution in [2.24, 2.45) is 0 Å². The quantitative estimate of drug-likeness (QED) is 0.866. The fourth-order valence-corrected chi connectivity index (χ4v) is 2.71. The number of nitrogens with zero attached hydrogens (tertiary/aromatic N) is 3. The fourth-order valence-electron chi connectivity index (χ4n) is 2.71. The van der Waals surface area contributed by atoms with Gasteiger partial charge in [-0.05, 0) is 24.3 Å². The number of halogens is 1. The molecule has 1 aliphatic rings. The van der Waals surface area contributed by atoms with Crippen LogP contribution in [-0.2, 0) is 0 Å². The molecule has 2 N–H and O–H groups in total. The Kier molecular flexibility index (Phi) is 4.87. The normalized spacial score (nSPS) is 15.6. The Morgan fingerprint density at radius 3 is 2.61 bits per heavy atom. The molecule has 0 bridgehead atoms. The second-order valence-corrected chi connectivity index (χ2v) is 5.57. The first-order chi connectivity index (χ1) is 11.2. The van der Waals surface area contributed by atoms with E-state index in [9.17, 15) is 9.18 Å². The van der Waals surface area contributed by atoms with Gasteiger partial charge in [0.05, 0.1) is 11.9 Å². The minimum Gasteiger partial charge on any atom is -0.382 e. The fraction of sp³-hybridized carbons (Fsp3) is 0.375. The van der Waals surface area contributed by atoms with Gasteiger partial charge in [-0.25, -0.2) is 9.49 Å². The molecule has 2 heterocycles. The zero-order chi connectivity index (χ0) is 16.1. The maximum atomic E-state index is 13.0. The molecule has 2 aromatic rings. The molecule has 1 saturated heterocycles. The zero-order valence-electron chi connectivity index (χ0n) is 12.8. The van der Waals surface area contributed by atoms with Crippen molar-refractivity contribution in [3.63, 3.8) is 0 Å². The first-order valence-electron chi connectivity index (χ1n) is 7.72. The van der Waals surface area contributed by atoms with Crippen molar-refractivity contribution in [1.29, 1.82) is 0 Å². The second-order valence-electron chi connectivity index (χ2n) is 5.57. The second kappa shape index (κ2) is 7.23. The van der Waals surface area contributed by atoms with Crippen molar-refractivity contribution in [2.45, 2.75) is 0 Å². The van der Waals surface area contributed by atoms with E-state index in [0.29, 0.717) is 0 Å². The highest BCUT2D eigenvalue weighted by Crippen LogP contribution is 2.16. The van der Waals surface area contributed by atoms with E-state index < -0.39 is 0 Å². The van der Waals surface area contributed by atoms with Gasteiger partial charge in [0.15, 0.2) is 0 Å². The molecule has 0 aliphatic carbocycles. The molecule has 6 nitrogen and oxygen atoms in total. The van der Waals surface area contributed by atoms with Gasteiger partial charge in [0, 0.05) is 51.0 Å². The van der Waals surface area contributed by atoms with Crippen molar-refractivity contribution < 1.29 is 4.39 Å². The van der Waals surface area contributed by atoms with Gasteiger partial charge >= 0.3 is 0 Å². The van der Waals surface area contributed by atoms with Crippen LogP contribution in [0.25, 0.3) is 0 Å². The number of rotatable bonds is 5. The molecule has 1 aromatic carbocycles. The number of nitrogens with one attached hydrogen (secondary N) is 2. The first-order valence-corrected chi connectivity index (χ1v) is 7.72. The van der Waals surface area contributed by atoms with Gasteiger partial charge in [-0.3, -0.25) is 9.69 Å². The lowest BCUT2D eigenvalue weighted by molar-refractivity contribution is 0.267. The van der Waals surface area contributed by atoms with E-state index in [0.717, 1.165) is 50.6 Å². The van der Waals surface area contributed by atoms with E-state index in [1.165, 1.54) is 18.2 Å². The van der Waals surface area contributed by atoms with Gasteiger partial charge in [0.2, 0.25) is 0 Å². The Labute approximate surface area is 133 Å². The average molecular weight is 317 g/mol. The minimum atomic E-state index is -0.206. The van der Waals surface area contributed by atoms with Crippen molar-refractivity contribution in [3.8, 4) is 0 Å². The van der Waals surface area contributed by atoms with Crippen molar-refractivity contribution in [1.82, 2.24) is 15.1 Å². The number of anilines is 2. The van der Waals surface area contributed by atoms with E-state index in [-0.39, 0.29) is 11.4 Å². The van der Waals surface area contributed by atoms with Crippen LogP contribution < -0.4 is 15.8 Å². The summed E-state index contributed by atoms with van der Waals surface area (Å²) in [6.07, 6.45) is 1.61. The summed E-state index contributed by atoms with van der Waals surface area (Å²) in [5.41, 5.74) is 1.60. The third-order valence-electron chi connectivity index (χ3n) is 3.99. The number of H-pyrrole nitrogens is 1. The number of aromatic amines is 1. The van der Waals surface area contributed by atoms with Crippen molar-refractivity contribution >= 4 is 11.4 Å². The molecule has 1 fully saturated rings. The van der Waals surface area contributed by atoms with Crippen LogP contribution in [0, 0.1) is 5.82 Å². The predicted molar refractivity (Wildman–Crippen MR) is 88.4 cm³/mol. The van der Waals surface area contributed by atoms with Crippen LogP contribution in [0.5, 0.6) is 0 Å². The van der Waals surface area contributed by atoms with Crippen LogP contribution in [0.3, 0.4) is 0 Å². The van der Waals surface area contributed by atoms with Crippen LogP contribution in [0.4, 0.5) is 15.8 Å². The van der Waals surface area contributed by atoms with Crippen LogP contribution in [0.15, 0.2) is 41.3 Å². The number of hydrogen-bond acceptors (Lipinski definition) is 5. The maximum Gasteiger partial charge on any atom is 0.266 e. The average Bonchev–Trinajstić information content (AvgIpc) is 2.56. The van der Waals surface area contributed by atoms with Gasteiger partial charge in [-0.1, -0.05) is 0 Å². The van der Waals surface area contributed by atoms with E-state index >= 15 is 0 Å². The summed E-state index contributed by atoms with van der Waals surface area (Å²) in [5.74, 6) is -0.201. The number of benzene rings is 1. The lowest BCUT2D eigenvalue weighted by Gasteiger charge is -2.36. The Morgan fingerprint density at radius 2 is 1.91 bits per heavy atom. The van der Waals surface area contributed by atoms with Gasteiger partial charge in [-0.15, -0.1) is 0 Å². The summed E-state index contributed by atoms with van der Waals surface area (Å²) in [5, 5.41) is 9.31. The molecule has 1 aliphatic heterocycles. The molecule has 0 atom stereocenters.